The van der Waals surface area contributed by atoms with Crippen molar-refractivity contribution in [3.8, 4) is 0 Å². The molecule has 1 aliphatic carbocycles. The highest BCUT2D eigenvalue weighted by molar-refractivity contribution is 5.94. The number of ether oxygens (including phenoxy) is 1. The molecule has 0 unspecified atom stereocenters. The molecule has 1 saturated carbocycles. The molecule has 1 aliphatic heterocycles. The van der Waals surface area contributed by atoms with Crippen LogP contribution in [0.15, 0.2) is 66.5 Å². The van der Waals surface area contributed by atoms with Crippen LogP contribution in [-0.4, -0.2) is 45.4 Å². The fourth-order valence-corrected chi connectivity index (χ4v) is 6.03. The van der Waals surface area contributed by atoms with Gasteiger partial charge in [-0.05, 0) is 87.8 Å². The van der Waals surface area contributed by atoms with E-state index < -0.39 is 5.60 Å². The maximum atomic E-state index is 13.8. The summed E-state index contributed by atoms with van der Waals surface area (Å²) < 4.78 is 21.3. The molecular weight excluding hydrogens is 543 g/mol. The summed E-state index contributed by atoms with van der Waals surface area (Å²) in [5, 5.41) is 7.59. The first-order valence-electron chi connectivity index (χ1n) is 15.5. The van der Waals surface area contributed by atoms with Gasteiger partial charge in [-0.1, -0.05) is 61.2 Å². The Labute approximate surface area is 254 Å². The first-order valence-corrected chi connectivity index (χ1v) is 15.5. The molecule has 0 radical (unpaired) electrons. The second-order valence-corrected chi connectivity index (χ2v) is 12.8. The van der Waals surface area contributed by atoms with E-state index in [1.807, 2.05) is 62.8 Å². The number of likely N-dealkylation sites (tertiary alicyclic amines) is 1. The zero-order chi connectivity index (χ0) is 30.6. The minimum atomic E-state index is -0.540. The van der Waals surface area contributed by atoms with E-state index in [0.717, 1.165) is 35.1 Å². The number of hydrogen-bond donors (Lipinski definition) is 1. The third kappa shape index (κ3) is 7.72. The molecule has 228 valence electrons. The number of carbonyl (C=O) groups excluding carboxylic acids is 2. The third-order valence-corrected chi connectivity index (χ3v) is 8.36. The molecule has 2 aromatic carbocycles. The number of hydrogen-bond acceptors (Lipinski definition) is 4. The fraction of sp³-hybridized carbons (Fsp3) is 0.457. The van der Waals surface area contributed by atoms with Gasteiger partial charge in [0.1, 0.15) is 11.4 Å². The number of rotatable bonds is 6. The number of halogens is 1. The van der Waals surface area contributed by atoms with E-state index in [0.29, 0.717) is 37.5 Å². The molecule has 2 fully saturated rings. The predicted molar refractivity (Wildman–Crippen MR) is 166 cm³/mol. The third-order valence-electron chi connectivity index (χ3n) is 8.36. The average molecular weight is 587 g/mol. The van der Waals surface area contributed by atoms with Gasteiger partial charge in [0.25, 0.3) is 5.91 Å². The van der Waals surface area contributed by atoms with Crippen molar-refractivity contribution in [2.75, 3.05) is 13.1 Å². The molecule has 43 heavy (non-hydrogen) atoms. The summed E-state index contributed by atoms with van der Waals surface area (Å²) in [4.78, 5) is 27.4. The van der Waals surface area contributed by atoms with Gasteiger partial charge in [0.2, 0.25) is 0 Å². The van der Waals surface area contributed by atoms with Crippen LogP contribution in [0.1, 0.15) is 112 Å². The normalized spacial score (nSPS) is 17.0. The first kappa shape index (κ1) is 30.5. The maximum Gasteiger partial charge on any atom is 0.410 e. The van der Waals surface area contributed by atoms with Crippen molar-refractivity contribution in [2.45, 2.75) is 90.3 Å². The highest BCUT2D eigenvalue weighted by Crippen LogP contribution is 2.34. The van der Waals surface area contributed by atoms with Crippen LogP contribution in [0.4, 0.5) is 9.18 Å². The molecule has 0 bridgehead atoms. The van der Waals surface area contributed by atoms with E-state index >= 15 is 0 Å². The summed E-state index contributed by atoms with van der Waals surface area (Å²) in [6.07, 6.45) is 10.6. The molecule has 7 nitrogen and oxygen atoms in total. The van der Waals surface area contributed by atoms with E-state index in [-0.39, 0.29) is 23.9 Å². The van der Waals surface area contributed by atoms with Crippen molar-refractivity contribution < 1.29 is 18.7 Å². The van der Waals surface area contributed by atoms with Gasteiger partial charge < -0.3 is 15.0 Å². The Morgan fingerprint density at radius 2 is 1.53 bits per heavy atom. The molecule has 1 N–H and O–H groups in total. The van der Waals surface area contributed by atoms with Crippen molar-refractivity contribution in [3.05, 3.63) is 94.6 Å². The monoisotopic (exact) mass is 586 g/mol. The standard InChI is InChI=1S/C35H43FN4O3/c1-24(38-33(41)29-22-37-40(23-29)31-8-6-5-7-9-31)25-10-12-26(13-11-25)32(27-14-16-30(36)17-15-27)28-18-20-39(21-19-28)34(42)43-35(2,3)4/h10-17,22-24,31H,5-9,18-21H2,1-4H3,(H,38,41)/t24-/m1/s1. The molecule has 2 heterocycles. The van der Waals surface area contributed by atoms with Crippen molar-refractivity contribution in [1.29, 1.82) is 0 Å². The molecule has 8 heteroatoms. The van der Waals surface area contributed by atoms with Gasteiger partial charge >= 0.3 is 6.09 Å². The van der Waals surface area contributed by atoms with E-state index in [2.05, 4.69) is 22.5 Å². The predicted octanol–water partition coefficient (Wildman–Crippen LogP) is 7.85. The molecule has 0 spiro atoms. The lowest BCUT2D eigenvalue weighted by atomic mass is 9.88. The fourth-order valence-electron chi connectivity index (χ4n) is 6.03. The zero-order valence-corrected chi connectivity index (χ0v) is 25.7. The molecule has 3 aromatic rings. The smallest absolute Gasteiger partial charge is 0.410 e. The van der Waals surface area contributed by atoms with Gasteiger partial charge in [-0.3, -0.25) is 9.48 Å². The number of carbonyl (C=O) groups is 2. The van der Waals surface area contributed by atoms with E-state index in [1.165, 1.54) is 37.0 Å². The van der Waals surface area contributed by atoms with Gasteiger partial charge in [-0.15, -0.1) is 0 Å². The molecule has 1 atom stereocenters. The van der Waals surface area contributed by atoms with E-state index in [4.69, 9.17) is 4.74 Å². The van der Waals surface area contributed by atoms with Crippen molar-refractivity contribution in [2.24, 2.45) is 0 Å². The minimum Gasteiger partial charge on any atom is -0.444 e. The van der Waals surface area contributed by atoms with Gasteiger partial charge in [-0.2, -0.15) is 5.10 Å². The van der Waals surface area contributed by atoms with Crippen molar-refractivity contribution in [3.63, 3.8) is 0 Å². The van der Waals surface area contributed by atoms with Crippen LogP contribution in [0, 0.1) is 5.82 Å². The lowest BCUT2D eigenvalue weighted by Crippen LogP contribution is -2.40. The number of nitrogens with zero attached hydrogens (tertiary/aromatic N) is 3. The van der Waals surface area contributed by atoms with Crippen LogP contribution in [0.5, 0.6) is 0 Å². The lowest BCUT2D eigenvalue weighted by Gasteiger charge is -2.32. The van der Waals surface area contributed by atoms with Crippen LogP contribution in [0.2, 0.25) is 0 Å². The summed E-state index contributed by atoms with van der Waals surface area (Å²) >= 11 is 0. The van der Waals surface area contributed by atoms with Crippen LogP contribution >= 0.6 is 0 Å². The van der Waals surface area contributed by atoms with Crippen molar-refractivity contribution >= 4 is 17.6 Å². The van der Waals surface area contributed by atoms with Crippen molar-refractivity contribution in [1.82, 2.24) is 20.0 Å². The maximum absolute atomic E-state index is 13.8. The number of aromatic nitrogens is 2. The number of piperidine rings is 1. The molecule has 1 saturated heterocycles. The molecule has 1 aromatic heterocycles. The Bertz CT molecular complexity index is 1440. The first-order chi connectivity index (χ1) is 20.6. The Balaban J connectivity index is 1.30. The quantitative estimate of drug-likeness (QED) is 0.319. The Hall–Kier alpha value is -3.94. The zero-order valence-electron chi connectivity index (χ0n) is 25.7. The van der Waals surface area contributed by atoms with Gasteiger partial charge in [0.05, 0.1) is 23.8 Å². The second kappa shape index (κ2) is 13.1. The molecule has 2 amide bonds. The number of nitrogens with one attached hydrogen (secondary N) is 1. The SMILES string of the molecule is C[C@@H](NC(=O)c1cnn(C2CCCCC2)c1)c1ccc(C(=C2CCN(C(=O)OC(C)(C)C)CC2)c2ccc(F)cc2)cc1. The largest absolute Gasteiger partial charge is 0.444 e. The summed E-state index contributed by atoms with van der Waals surface area (Å²) in [5.41, 5.74) is 5.25. The topological polar surface area (TPSA) is 76.5 Å². The van der Waals surface area contributed by atoms with Crippen LogP contribution in [-0.2, 0) is 4.74 Å². The minimum absolute atomic E-state index is 0.135. The Morgan fingerprint density at radius 3 is 2.14 bits per heavy atom. The highest BCUT2D eigenvalue weighted by Gasteiger charge is 2.26. The highest BCUT2D eigenvalue weighted by atomic mass is 19.1. The molecular formula is C35H43FN4O3. The summed E-state index contributed by atoms with van der Waals surface area (Å²) in [7, 11) is 0. The van der Waals surface area contributed by atoms with Crippen LogP contribution in [0.25, 0.3) is 5.57 Å². The lowest BCUT2D eigenvalue weighted by molar-refractivity contribution is 0.0236. The summed E-state index contributed by atoms with van der Waals surface area (Å²) in [6.45, 7) is 8.71. The Kier molecular flexibility index (Phi) is 9.33. The summed E-state index contributed by atoms with van der Waals surface area (Å²) in [6, 6.07) is 15.0. The van der Waals surface area contributed by atoms with Gasteiger partial charge in [0.15, 0.2) is 0 Å². The van der Waals surface area contributed by atoms with Gasteiger partial charge in [-0.25, -0.2) is 9.18 Å². The van der Waals surface area contributed by atoms with E-state index in [1.54, 1.807) is 11.1 Å². The Morgan fingerprint density at radius 1 is 0.930 bits per heavy atom. The number of amides is 2. The number of benzene rings is 2. The van der Waals surface area contributed by atoms with E-state index in [9.17, 15) is 14.0 Å². The van der Waals surface area contributed by atoms with Crippen LogP contribution in [0.3, 0.4) is 0 Å². The average Bonchev–Trinajstić information content (AvgIpc) is 3.49. The second-order valence-electron chi connectivity index (χ2n) is 12.8. The molecule has 5 rings (SSSR count). The van der Waals surface area contributed by atoms with Crippen LogP contribution < -0.4 is 5.32 Å². The van der Waals surface area contributed by atoms with Gasteiger partial charge in [0, 0.05) is 19.3 Å². The summed E-state index contributed by atoms with van der Waals surface area (Å²) in [5.74, 6) is -0.415. The molecule has 2 aliphatic rings.